The molecule has 2 saturated heterocycles. The van der Waals surface area contributed by atoms with Crippen molar-refractivity contribution in [3.63, 3.8) is 0 Å². The van der Waals surface area contributed by atoms with Gasteiger partial charge in [0.2, 0.25) is 0 Å². The fraction of sp³-hybridized carbons (Fsp3) is 0.389. The summed E-state index contributed by atoms with van der Waals surface area (Å²) < 4.78 is 57.4. The summed E-state index contributed by atoms with van der Waals surface area (Å²) in [6.07, 6.45) is -1.92. The number of halogens is 3. The van der Waals surface area contributed by atoms with Crippen LogP contribution in [0.4, 0.5) is 18.9 Å². The van der Waals surface area contributed by atoms with Gasteiger partial charge < -0.3 is 19.0 Å². The molecular weight excluding hydrogens is 395 g/mol. The molecule has 0 bridgehead atoms. The van der Waals surface area contributed by atoms with E-state index in [2.05, 4.69) is 4.98 Å². The summed E-state index contributed by atoms with van der Waals surface area (Å²) in [6, 6.07) is 4.57. The molecule has 0 radical (unpaired) electrons. The summed E-state index contributed by atoms with van der Waals surface area (Å²) in [5, 5.41) is 0. The van der Waals surface area contributed by atoms with Gasteiger partial charge in [-0.15, -0.1) is 0 Å². The quantitative estimate of drug-likeness (QED) is 0.748. The van der Waals surface area contributed by atoms with Crippen LogP contribution in [0.15, 0.2) is 41.3 Å². The number of alkyl halides is 2. The van der Waals surface area contributed by atoms with Crippen molar-refractivity contribution >= 4 is 17.5 Å². The predicted octanol–water partition coefficient (Wildman–Crippen LogP) is 1.68. The number of nitrogens with zero attached hydrogens (tertiary/aromatic N) is 3. The van der Waals surface area contributed by atoms with Gasteiger partial charge in [-0.3, -0.25) is 14.3 Å². The zero-order valence-electron chi connectivity index (χ0n) is 15.0. The smallest absolute Gasteiger partial charge is 0.437 e. The maximum absolute atomic E-state index is 14.5. The number of amides is 2. The van der Waals surface area contributed by atoms with Gasteiger partial charge in [-0.1, -0.05) is 0 Å². The average Bonchev–Trinajstić information content (AvgIpc) is 3.14. The van der Waals surface area contributed by atoms with E-state index in [0.717, 1.165) is 29.7 Å². The Morgan fingerprint density at radius 1 is 1.17 bits per heavy atom. The number of hydrogen-bond acceptors (Lipinski definition) is 6. The van der Waals surface area contributed by atoms with E-state index >= 15 is 0 Å². The van der Waals surface area contributed by atoms with Crippen molar-refractivity contribution in [3.05, 3.63) is 48.4 Å². The molecule has 8 nitrogen and oxygen atoms in total. The van der Waals surface area contributed by atoms with Gasteiger partial charge in [-0.05, 0) is 24.3 Å². The van der Waals surface area contributed by atoms with Crippen molar-refractivity contribution in [2.24, 2.45) is 0 Å². The second-order valence-electron chi connectivity index (χ2n) is 6.82. The molecule has 154 valence electrons. The fourth-order valence-electron chi connectivity index (χ4n) is 3.41. The minimum Gasteiger partial charge on any atom is -0.451 e. The van der Waals surface area contributed by atoms with Crippen molar-refractivity contribution in [2.45, 2.75) is 11.7 Å². The van der Waals surface area contributed by atoms with Crippen LogP contribution in [0.25, 0.3) is 0 Å². The van der Waals surface area contributed by atoms with Crippen LogP contribution >= 0.6 is 0 Å². The Balaban J connectivity index is 1.66. The Kier molecular flexibility index (Phi) is 4.79. The maximum Gasteiger partial charge on any atom is 0.437 e. The van der Waals surface area contributed by atoms with E-state index in [1.807, 2.05) is 0 Å². The molecule has 2 aliphatic heterocycles. The first kappa shape index (κ1) is 19.4. The summed E-state index contributed by atoms with van der Waals surface area (Å²) in [5.74, 6) is -2.69. The number of carbonyl (C=O) groups is 2. The molecular formula is C18H16F3N3O5. The molecule has 2 fully saturated rings. The summed E-state index contributed by atoms with van der Waals surface area (Å²) >= 11 is 0. The van der Waals surface area contributed by atoms with Crippen molar-refractivity contribution in [2.75, 3.05) is 37.7 Å². The van der Waals surface area contributed by atoms with Crippen LogP contribution in [-0.2, 0) is 14.3 Å². The lowest BCUT2D eigenvalue weighted by Crippen LogP contribution is -2.66. The zero-order chi connectivity index (χ0) is 20.6. The average molecular weight is 411 g/mol. The third kappa shape index (κ3) is 3.70. The molecule has 11 heteroatoms. The van der Waals surface area contributed by atoms with Gasteiger partial charge in [0, 0.05) is 12.2 Å². The minimum atomic E-state index is -4.15. The van der Waals surface area contributed by atoms with E-state index in [1.54, 1.807) is 0 Å². The molecule has 4 rings (SSSR count). The number of morpholine rings is 1. The molecule has 1 atom stereocenters. The highest BCUT2D eigenvalue weighted by molar-refractivity contribution is 5.98. The first-order valence-corrected chi connectivity index (χ1v) is 8.70. The lowest BCUT2D eigenvalue weighted by molar-refractivity contribution is -0.293. The Morgan fingerprint density at radius 3 is 2.62 bits per heavy atom. The van der Waals surface area contributed by atoms with E-state index in [0.29, 0.717) is 0 Å². The van der Waals surface area contributed by atoms with Crippen molar-refractivity contribution < 1.29 is 36.7 Å². The van der Waals surface area contributed by atoms with Crippen molar-refractivity contribution in [3.8, 4) is 0 Å². The van der Waals surface area contributed by atoms with E-state index in [-0.39, 0.29) is 44.2 Å². The Bertz CT molecular complexity index is 906. The van der Waals surface area contributed by atoms with Gasteiger partial charge in [0.1, 0.15) is 17.7 Å². The third-order valence-electron chi connectivity index (χ3n) is 4.71. The van der Waals surface area contributed by atoms with E-state index < -0.39 is 29.3 Å². The summed E-state index contributed by atoms with van der Waals surface area (Å²) in [4.78, 5) is 30.8. The topological polar surface area (TPSA) is 85.1 Å². The van der Waals surface area contributed by atoms with Gasteiger partial charge in [-0.2, -0.15) is 8.78 Å². The molecule has 0 aliphatic carbocycles. The SMILES string of the molecule is O=C(c1cocn1)N1CCOCC2(C1)CN(c1ccc(F)cc1)C(=O)C(F)(F)O2. The van der Waals surface area contributed by atoms with Crippen molar-refractivity contribution in [1.29, 1.82) is 0 Å². The first-order chi connectivity index (χ1) is 13.8. The maximum atomic E-state index is 14.5. The molecule has 0 saturated carbocycles. The Morgan fingerprint density at radius 2 is 1.93 bits per heavy atom. The van der Waals surface area contributed by atoms with Gasteiger partial charge >= 0.3 is 12.0 Å². The molecule has 2 aromatic rings. The predicted molar refractivity (Wildman–Crippen MR) is 90.7 cm³/mol. The number of oxazole rings is 1. The van der Waals surface area contributed by atoms with E-state index in [9.17, 15) is 22.8 Å². The van der Waals surface area contributed by atoms with E-state index in [1.165, 1.54) is 17.0 Å². The zero-order valence-corrected chi connectivity index (χ0v) is 15.0. The van der Waals surface area contributed by atoms with Crippen LogP contribution < -0.4 is 4.90 Å². The Labute approximate surface area is 162 Å². The summed E-state index contributed by atoms with van der Waals surface area (Å²) in [7, 11) is 0. The number of anilines is 1. The summed E-state index contributed by atoms with van der Waals surface area (Å²) in [6.45, 7) is -0.636. The molecule has 29 heavy (non-hydrogen) atoms. The monoisotopic (exact) mass is 411 g/mol. The molecule has 1 aromatic carbocycles. The number of ether oxygens (including phenoxy) is 2. The molecule has 2 amide bonds. The van der Waals surface area contributed by atoms with Crippen LogP contribution in [0.2, 0.25) is 0 Å². The molecule has 1 spiro atoms. The van der Waals surface area contributed by atoms with Crippen LogP contribution in [0, 0.1) is 5.82 Å². The lowest BCUT2D eigenvalue weighted by Gasteiger charge is -2.45. The normalized spacial score (nSPS) is 24.6. The van der Waals surface area contributed by atoms with Gasteiger partial charge in [0.15, 0.2) is 12.1 Å². The lowest BCUT2D eigenvalue weighted by atomic mass is 10.00. The van der Waals surface area contributed by atoms with Crippen LogP contribution in [0.1, 0.15) is 10.5 Å². The molecule has 1 aromatic heterocycles. The minimum absolute atomic E-state index is 0.0103. The van der Waals surface area contributed by atoms with Gasteiger partial charge in [-0.25, -0.2) is 9.37 Å². The third-order valence-corrected chi connectivity index (χ3v) is 4.71. The number of benzene rings is 1. The molecule has 2 aliphatic rings. The van der Waals surface area contributed by atoms with Crippen molar-refractivity contribution in [1.82, 2.24) is 9.88 Å². The second-order valence-corrected chi connectivity index (χ2v) is 6.82. The summed E-state index contributed by atoms with van der Waals surface area (Å²) in [5.41, 5.74) is -1.60. The highest BCUT2D eigenvalue weighted by atomic mass is 19.3. The molecule has 3 heterocycles. The van der Waals surface area contributed by atoms with Crippen LogP contribution in [0.3, 0.4) is 0 Å². The number of aromatic nitrogens is 1. The van der Waals surface area contributed by atoms with Gasteiger partial charge in [0.05, 0.1) is 26.3 Å². The standard InChI is InChI=1S/C18H16F3N3O5/c19-12-1-3-13(4-2-12)24-9-17(29-18(20,21)16(24)26)8-23(5-6-27-10-17)15(25)14-7-28-11-22-14/h1-4,7,11H,5-6,8-10H2. The van der Waals surface area contributed by atoms with Crippen LogP contribution in [-0.4, -0.2) is 66.3 Å². The molecule has 0 N–H and O–H groups in total. The highest BCUT2D eigenvalue weighted by Gasteiger charge is 2.58. The fourth-order valence-corrected chi connectivity index (χ4v) is 3.41. The number of rotatable bonds is 2. The Hall–Kier alpha value is -2.92. The molecule has 1 unspecified atom stereocenters. The van der Waals surface area contributed by atoms with Gasteiger partial charge in [0.25, 0.3) is 5.91 Å². The van der Waals surface area contributed by atoms with E-state index in [4.69, 9.17) is 13.9 Å². The van der Waals surface area contributed by atoms with Crippen LogP contribution in [0.5, 0.6) is 0 Å². The first-order valence-electron chi connectivity index (χ1n) is 8.70. The second kappa shape index (κ2) is 7.16. The number of carbonyl (C=O) groups excluding carboxylic acids is 2. The highest BCUT2D eigenvalue weighted by Crippen LogP contribution is 2.37. The number of hydrogen-bond donors (Lipinski definition) is 0. The largest absolute Gasteiger partial charge is 0.451 e.